The predicted molar refractivity (Wildman–Crippen MR) is 96.1 cm³/mol. The van der Waals surface area contributed by atoms with Crippen molar-refractivity contribution >= 4 is 27.7 Å². The van der Waals surface area contributed by atoms with E-state index in [0.29, 0.717) is 23.7 Å². The zero-order valence-electron chi connectivity index (χ0n) is 13.1. The maximum absolute atomic E-state index is 12.5. The summed E-state index contributed by atoms with van der Waals surface area (Å²) >= 11 is 3.49. The number of anilines is 1. The van der Waals surface area contributed by atoms with Crippen LogP contribution in [0, 0.1) is 0 Å². The van der Waals surface area contributed by atoms with Gasteiger partial charge in [-0.3, -0.25) is 9.48 Å². The minimum Gasteiger partial charge on any atom is -0.488 e. The lowest BCUT2D eigenvalue weighted by molar-refractivity contribution is 0.102. The Hall–Kier alpha value is -2.60. The molecule has 0 aliphatic heterocycles. The Bertz CT molecular complexity index is 861. The molecule has 0 radical (unpaired) electrons. The fraction of sp³-hybridized carbons (Fsp3) is 0.111. The molecule has 0 fully saturated rings. The van der Waals surface area contributed by atoms with Crippen LogP contribution in [0.2, 0.25) is 0 Å². The second kappa shape index (κ2) is 7.31. The molecule has 0 unspecified atom stereocenters. The summed E-state index contributed by atoms with van der Waals surface area (Å²) in [6, 6.07) is 16.7. The van der Waals surface area contributed by atoms with Crippen LogP contribution in [0.1, 0.15) is 15.9 Å². The molecule has 0 saturated heterocycles. The molecular formula is C18H16BrN3O2. The number of nitrogens with zero attached hydrogens (tertiary/aromatic N) is 2. The minimum absolute atomic E-state index is 0.253. The first-order valence-electron chi connectivity index (χ1n) is 7.40. The van der Waals surface area contributed by atoms with Crippen LogP contribution in [-0.2, 0) is 13.7 Å². The molecule has 1 aromatic heterocycles. The molecule has 0 bridgehead atoms. The van der Waals surface area contributed by atoms with E-state index in [1.807, 2.05) is 30.3 Å². The number of carbonyl (C=O) groups is 1. The van der Waals surface area contributed by atoms with E-state index in [1.165, 1.54) is 0 Å². The molecule has 0 saturated carbocycles. The summed E-state index contributed by atoms with van der Waals surface area (Å²) in [6.07, 6.45) is 1.77. The van der Waals surface area contributed by atoms with Crippen LogP contribution < -0.4 is 10.1 Å². The van der Waals surface area contributed by atoms with E-state index in [0.717, 1.165) is 10.0 Å². The van der Waals surface area contributed by atoms with E-state index >= 15 is 0 Å². The standard InChI is InChI=1S/C18H16BrN3O2/c1-22-11-10-17(21-22)20-18(23)14-7-3-5-9-16(14)24-12-13-6-2-4-8-15(13)19/h2-11H,12H2,1H3,(H,20,21,23). The number of amides is 1. The number of rotatable bonds is 5. The lowest BCUT2D eigenvalue weighted by atomic mass is 10.2. The maximum Gasteiger partial charge on any atom is 0.260 e. The Morgan fingerprint density at radius 3 is 2.67 bits per heavy atom. The Kier molecular flexibility index (Phi) is 4.96. The Labute approximate surface area is 148 Å². The van der Waals surface area contributed by atoms with Crippen LogP contribution in [0.25, 0.3) is 0 Å². The van der Waals surface area contributed by atoms with E-state index in [-0.39, 0.29) is 5.91 Å². The molecule has 0 aliphatic carbocycles. The van der Waals surface area contributed by atoms with Gasteiger partial charge in [0.05, 0.1) is 5.56 Å². The van der Waals surface area contributed by atoms with Gasteiger partial charge in [0, 0.05) is 29.3 Å². The summed E-state index contributed by atoms with van der Waals surface area (Å²) in [5, 5.41) is 6.92. The number of para-hydroxylation sites is 1. The molecule has 0 spiro atoms. The largest absolute Gasteiger partial charge is 0.488 e. The molecule has 5 nitrogen and oxygen atoms in total. The highest BCUT2D eigenvalue weighted by atomic mass is 79.9. The van der Waals surface area contributed by atoms with Crippen LogP contribution in [-0.4, -0.2) is 15.7 Å². The molecule has 1 amide bonds. The van der Waals surface area contributed by atoms with E-state index in [1.54, 1.807) is 42.2 Å². The van der Waals surface area contributed by atoms with Gasteiger partial charge in [-0.1, -0.05) is 46.3 Å². The normalized spacial score (nSPS) is 10.4. The molecule has 0 atom stereocenters. The van der Waals surface area contributed by atoms with Gasteiger partial charge in [0.1, 0.15) is 12.4 Å². The smallest absolute Gasteiger partial charge is 0.260 e. The first-order chi connectivity index (χ1) is 11.6. The summed E-state index contributed by atoms with van der Waals surface area (Å²) < 4.78 is 8.45. The van der Waals surface area contributed by atoms with Crippen molar-refractivity contribution in [3.63, 3.8) is 0 Å². The SMILES string of the molecule is Cn1ccc(NC(=O)c2ccccc2OCc2ccccc2Br)n1. The lowest BCUT2D eigenvalue weighted by Gasteiger charge is -2.12. The topological polar surface area (TPSA) is 56.2 Å². The highest BCUT2D eigenvalue weighted by Gasteiger charge is 2.13. The highest BCUT2D eigenvalue weighted by molar-refractivity contribution is 9.10. The fourth-order valence-electron chi connectivity index (χ4n) is 2.22. The molecule has 6 heteroatoms. The van der Waals surface area contributed by atoms with E-state index in [4.69, 9.17) is 4.74 Å². The van der Waals surface area contributed by atoms with Gasteiger partial charge in [-0.25, -0.2) is 0 Å². The second-order valence-electron chi connectivity index (χ2n) is 5.21. The van der Waals surface area contributed by atoms with Crippen LogP contribution in [0.3, 0.4) is 0 Å². The number of hydrogen-bond donors (Lipinski definition) is 1. The van der Waals surface area contributed by atoms with Gasteiger partial charge in [0.25, 0.3) is 5.91 Å². The predicted octanol–water partition coefficient (Wildman–Crippen LogP) is 4.01. The van der Waals surface area contributed by atoms with E-state index in [2.05, 4.69) is 26.3 Å². The summed E-state index contributed by atoms with van der Waals surface area (Å²) in [5.41, 5.74) is 1.48. The minimum atomic E-state index is -0.253. The lowest BCUT2D eigenvalue weighted by Crippen LogP contribution is -2.14. The molecule has 3 rings (SSSR count). The van der Waals surface area contributed by atoms with E-state index in [9.17, 15) is 4.79 Å². The average molecular weight is 386 g/mol. The van der Waals surface area contributed by atoms with Gasteiger partial charge in [0.2, 0.25) is 0 Å². The number of carbonyl (C=O) groups excluding carboxylic acids is 1. The molecule has 0 aliphatic rings. The van der Waals surface area contributed by atoms with Crippen LogP contribution in [0.4, 0.5) is 5.82 Å². The monoisotopic (exact) mass is 385 g/mol. The molecular weight excluding hydrogens is 370 g/mol. The van der Waals surface area contributed by atoms with Crippen molar-refractivity contribution < 1.29 is 9.53 Å². The van der Waals surface area contributed by atoms with Gasteiger partial charge < -0.3 is 10.1 Å². The third-order valence-electron chi connectivity index (χ3n) is 3.43. The zero-order valence-corrected chi connectivity index (χ0v) is 14.7. The van der Waals surface area contributed by atoms with Crippen molar-refractivity contribution in [2.75, 3.05) is 5.32 Å². The highest BCUT2D eigenvalue weighted by Crippen LogP contribution is 2.23. The van der Waals surface area contributed by atoms with Crippen LogP contribution in [0.5, 0.6) is 5.75 Å². The number of nitrogens with one attached hydrogen (secondary N) is 1. The second-order valence-corrected chi connectivity index (χ2v) is 6.06. The van der Waals surface area contributed by atoms with Gasteiger partial charge in [-0.15, -0.1) is 0 Å². The van der Waals surface area contributed by atoms with Gasteiger partial charge in [-0.05, 0) is 18.2 Å². The first kappa shape index (κ1) is 16.3. The number of aromatic nitrogens is 2. The van der Waals surface area contributed by atoms with E-state index < -0.39 is 0 Å². The van der Waals surface area contributed by atoms with Crippen molar-refractivity contribution in [3.8, 4) is 5.75 Å². The number of ether oxygens (including phenoxy) is 1. The fourth-order valence-corrected chi connectivity index (χ4v) is 2.62. The van der Waals surface area contributed by atoms with Crippen molar-refractivity contribution in [2.24, 2.45) is 7.05 Å². The van der Waals surface area contributed by atoms with Crippen LogP contribution in [0.15, 0.2) is 65.3 Å². The zero-order chi connectivity index (χ0) is 16.9. The number of aryl methyl sites for hydroxylation is 1. The summed E-state index contributed by atoms with van der Waals surface area (Å²) in [4.78, 5) is 12.5. The third kappa shape index (κ3) is 3.83. The molecule has 1 heterocycles. The quantitative estimate of drug-likeness (QED) is 0.721. The van der Waals surface area contributed by atoms with Gasteiger partial charge in [0.15, 0.2) is 5.82 Å². The van der Waals surface area contributed by atoms with Crippen molar-refractivity contribution in [2.45, 2.75) is 6.61 Å². The summed E-state index contributed by atoms with van der Waals surface area (Å²) in [7, 11) is 1.80. The number of benzene rings is 2. The maximum atomic E-state index is 12.5. The molecule has 3 aromatic rings. The molecule has 122 valence electrons. The number of hydrogen-bond acceptors (Lipinski definition) is 3. The first-order valence-corrected chi connectivity index (χ1v) is 8.19. The van der Waals surface area contributed by atoms with Gasteiger partial charge >= 0.3 is 0 Å². The van der Waals surface area contributed by atoms with Crippen molar-refractivity contribution in [1.29, 1.82) is 0 Å². The molecule has 24 heavy (non-hydrogen) atoms. The third-order valence-corrected chi connectivity index (χ3v) is 4.20. The van der Waals surface area contributed by atoms with Crippen LogP contribution >= 0.6 is 15.9 Å². The Morgan fingerprint density at radius 2 is 1.92 bits per heavy atom. The summed E-state index contributed by atoms with van der Waals surface area (Å²) in [5.74, 6) is 0.779. The summed E-state index contributed by atoms with van der Waals surface area (Å²) in [6.45, 7) is 0.370. The van der Waals surface area contributed by atoms with Crippen molar-refractivity contribution in [3.05, 3.63) is 76.4 Å². The number of halogens is 1. The molecule has 2 aromatic carbocycles. The van der Waals surface area contributed by atoms with Gasteiger partial charge in [-0.2, -0.15) is 5.10 Å². The average Bonchev–Trinajstić information content (AvgIpc) is 2.99. The Balaban J connectivity index is 1.75. The van der Waals surface area contributed by atoms with Crippen molar-refractivity contribution in [1.82, 2.24) is 9.78 Å². The molecule has 1 N–H and O–H groups in total. The Morgan fingerprint density at radius 1 is 1.17 bits per heavy atom.